The quantitative estimate of drug-likeness (QED) is 0.633. The summed E-state index contributed by atoms with van der Waals surface area (Å²) >= 11 is 9.54. The molecule has 11 heavy (non-hydrogen) atoms. The van der Waals surface area contributed by atoms with Crippen molar-refractivity contribution in [3.8, 4) is 0 Å². The fourth-order valence-corrected chi connectivity index (χ4v) is 1.98. The number of rotatable bonds is 2. The summed E-state index contributed by atoms with van der Waals surface area (Å²) in [7, 11) is -0.732. The van der Waals surface area contributed by atoms with E-state index in [-0.39, 0.29) is 0 Å². The predicted molar refractivity (Wildman–Crippen MR) is 53.2 cm³/mol. The van der Waals surface area contributed by atoms with Crippen LogP contribution in [0.25, 0.3) is 0 Å². The summed E-state index contributed by atoms with van der Waals surface area (Å²) in [5.74, 6) is 0.826. The predicted octanol–water partition coefficient (Wildman–Crippen LogP) is 1.11. The average Bonchev–Trinajstić information content (AvgIpc) is 1.93. The molecule has 1 aliphatic rings. The third kappa shape index (κ3) is 3.75. The zero-order valence-electron chi connectivity index (χ0n) is 6.49. The molecule has 66 valence electrons. The second-order valence-corrected chi connectivity index (χ2v) is 5.90. The van der Waals surface area contributed by atoms with E-state index in [1.165, 1.54) is 12.8 Å². The molecule has 1 saturated heterocycles. The van der Waals surface area contributed by atoms with Crippen LogP contribution in [0.2, 0.25) is 0 Å². The summed E-state index contributed by atoms with van der Waals surface area (Å²) in [4.78, 5) is 0. The van der Waals surface area contributed by atoms with Crippen molar-refractivity contribution in [3.05, 3.63) is 0 Å². The molecule has 0 N–H and O–H groups in total. The normalized spacial score (nSPS) is 22.7. The Morgan fingerprint density at radius 1 is 1.36 bits per heavy atom. The van der Waals surface area contributed by atoms with Gasteiger partial charge in [0.1, 0.15) is 0 Å². The molecule has 0 unspecified atom stereocenters. The zero-order chi connectivity index (χ0) is 8.27. The molecular weight excluding hydrogens is 198 g/mol. The van der Waals surface area contributed by atoms with Gasteiger partial charge >= 0.3 is 0 Å². The summed E-state index contributed by atoms with van der Waals surface area (Å²) in [5, 5.41) is 1.91. The van der Waals surface area contributed by atoms with Crippen molar-refractivity contribution < 1.29 is 4.28 Å². The highest BCUT2D eigenvalue weighted by molar-refractivity contribution is 8.44. The van der Waals surface area contributed by atoms with Gasteiger partial charge in [0.15, 0.2) is 0 Å². The lowest BCUT2D eigenvalue weighted by Crippen LogP contribution is -2.32. The summed E-state index contributed by atoms with van der Waals surface area (Å²) < 4.78 is 5.23. The Hall–Kier alpha value is 0.710. The topological polar surface area (TPSA) is 12.5 Å². The van der Waals surface area contributed by atoms with Crippen molar-refractivity contribution in [2.24, 2.45) is 5.92 Å². The van der Waals surface area contributed by atoms with Crippen LogP contribution in [0.1, 0.15) is 19.8 Å². The lowest BCUT2D eigenvalue weighted by atomic mass is 10.0. The van der Waals surface area contributed by atoms with Crippen LogP contribution in [0.5, 0.6) is 0 Å². The minimum Gasteiger partial charge on any atom is -0.386 e. The van der Waals surface area contributed by atoms with Gasteiger partial charge < -0.3 is 4.28 Å². The van der Waals surface area contributed by atoms with Crippen LogP contribution in [-0.4, -0.2) is 18.2 Å². The molecule has 0 saturated carbocycles. The van der Waals surface area contributed by atoms with Crippen molar-refractivity contribution in [3.63, 3.8) is 0 Å². The van der Waals surface area contributed by atoms with E-state index in [0.717, 1.165) is 19.0 Å². The summed E-state index contributed by atoms with van der Waals surface area (Å²) in [6.45, 7) is 4.23. The van der Waals surface area contributed by atoms with Crippen LogP contribution in [-0.2, 0) is 35.0 Å². The monoisotopic (exact) mass is 210 g/mol. The number of nitrogens with zero attached hydrogens (tertiary/aromatic N) is 1. The Bertz CT molecular complexity index is 176. The van der Waals surface area contributed by atoms with Gasteiger partial charge in [0.25, 0.3) is 0 Å². The maximum atomic E-state index is 5.23. The summed E-state index contributed by atoms with van der Waals surface area (Å²) in [6, 6.07) is 0. The molecule has 0 bridgehead atoms. The SMILES string of the molecule is CC1CCN(O[S-](=S)=S)CC1. The van der Waals surface area contributed by atoms with Gasteiger partial charge in [-0.25, -0.2) is 35.7 Å². The first kappa shape index (κ1) is 9.80. The summed E-state index contributed by atoms with van der Waals surface area (Å²) in [6.07, 6.45) is 2.39. The molecule has 1 rings (SSSR count). The molecule has 0 aromatic carbocycles. The van der Waals surface area contributed by atoms with Gasteiger partial charge in [0.05, 0.1) is 0 Å². The van der Waals surface area contributed by atoms with E-state index in [2.05, 4.69) is 6.92 Å². The molecule has 0 aromatic heterocycles. The second-order valence-electron chi connectivity index (χ2n) is 2.89. The van der Waals surface area contributed by atoms with Crippen LogP contribution in [0.3, 0.4) is 0 Å². The Morgan fingerprint density at radius 3 is 2.36 bits per heavy atom. The van der Waals surface area contributed by atoms with Crippen molar-refractivity contribution in [2.45, 2.75) is 19.8 Å². The average molecular weight is 210 g/mol. The molecule has 0 radical (unpaired) electrons. The fraction of sp³-hybridized carbons (Fsp3) is 1.00. The Morgan fingerprint density at radius 2 is 1.91 bits per heavy atom. The number of piperidine rings is 1. The fourth-order valence-electron chi connectivity index (χ4n) is 1.15. The molecule has 0 aromatic rings. The third-order valence-electron chi connectivity index (χ3n) is 1.91. The van der Waals surface area contributed by atoms with E-state index in [4.69, 9.17) is 26.7 Å². The maximum Gasteiger partial charge on any atom is 0.0222 e. The highest BCUT2D eigenvalue weighted by Gasteiger charge is 2.13. The maximum absolute atomic E-state index is 5.23. The van der Waals surface area contributed by atoms with E-state index >= 15 is 0 Å². The molecule has 1 fully saturated rings. The van der Waals surface area contributed by atoms with E-state index in [1.807, 2.05) is 5.06 Å². The number of hydroxylamine groups is 2. The van der Waals surface area contributed by atoms with Crippen molar-refractivity contribution in [1.82, 2.24) is 5.06 Å². The first-order chi connectivity index (χ1) is 5.18. The smallest absolute Gasteiger partial charge is 0.0222 e. The molecule has 1 heterocycles. The van der Waals surface area contributed by atoms with E-state index in [1.54, 1.807) is 0 Å². The third-order valence-corrected chi connectivity index (χ3v) is 2.61. The molecule has 0 atom stereocenters. The van der Waals surface area contributed by atoms with Gasteiger partial charge in [0, 0.05) is 13.1 Å². The van der Waals surface area contributed by atoms with Gasteiger partial charge in [-0.3, -0.25) is 0 Å². The number of hydrogen-bond acceptors (Lipinski definition) is 5. The van der Waals surface area contributed by atoms with Gasteiger partial charge in [0.2, 0.25) is 0 Å². The minimum atomic E-state index is -0.732. The Kier molecular flexibility index (Phi) is 4.16. The highest BCUT2D eigenvalue weighted by Crippen LogP contribution is 2.15. The van der Waals surface area contributed by atoms with Crippen LogP contribution in [0.15, 0.2) is 0 Å². The molecule has 5 heteroatoms. The minimum absolute atomic E-state index is 0.732. The molecular formula is C6H12NOS3-. The van der Waals surface area contributed by atoms with Crippen LogP contribution < -0.4 is 0 Å². The van der Waals surface area contributed by atoms with E-state index in [0.29, 0.717) is 0 Å². The lowest BCUT2D eigenvalue weighted by Gasteiger charge is -2.31. The van der Waals surface area contributed by atoms with Gasteiger partial charge in [-0.1, -0.05) is 6.92 Å². The highest BCUT2D eigenvalue weighted by atomic mass is 33.1. The lowest BCUT2D eigenvalue weighted by molar-refractivity contribution is -0.0611. The number of hydrogen-bond donors (Lipinski definition) is 0. The van der Waals surface area contributed by atoms with Crippen molar-refractivity contribution in [2.75, 3.05) is 13.1 Å². The molecule has 0 aliphatic carbocycles. The van der Waals surface area contributed by atoms with Gasteiger partial charge in [-0.2, -0.15) is 0 Å². The molecule has 1 aliphatic heterocycles. The van der Waals surface area contributed by atoms with E-state index < -0.39 is 8.29 Å². The van der Waals surface area contributed by atoms with Gasteiger partial charge in [-0.05, 0) is 18.8 Å². The molecule has 0 amide bonds. The first-order valence-corrected chi connectivity index (χ1v) is 6.71. The molecule has 2 nitrogen and oxygen atoms in total. The first-order valence-electron chi connectivity index (χ1n) is 3.71. The van der Waals surface area contributed by atoms with Crippen LogP contribution in [0, 0.1) is 5.92 Å². The van der Waals surface area contributed by atoms with Crippen LogP contribution in [0.4, 0.5) is 0 Å². The second kappa shape index (κ2) is 4.67. The van der Waals surface area contributed by atoms with Gasteiger partial charge in [-0.15, -0.1) is 0 Å². The standard InChI is InChI=1S/C6H12NOS3/c1-6-2-4-7(5-3-6)8-11(9)10/h6H,2-5H2,1H3/q-1. The van der Waals surface area contributed by atoms with Crippen molar-refractivity contribution >= 4 is 30.7 Å². The van der Waals surface area contributed by atoms with Crippen LogP contribution >= 0.6 is 0 Å². The van der Waals surface area contributed by atoms with Crippen molar-refractivity contribution in [1.29, 1.82) is 0 Å². The van der Waals surface area contributed by atoms with E-state index in [9.17, 15) is 0 Å². The zero-order valence-corrected chi connectivity index (χ0v) is 8.94. The Balaban J connectivity index is 2.28. The Labute approximate surface area is 78.9 Å². The molecule has 0 spiro atoms. The largest absolute Gasteiger partial charge is 0.386 e. The summed E-state index contributed by atoms with van der Waals surface area (Å²) in [5.41, 5.74) is 0.